The molecule has 6 heteroatoms. The number of anilines is 1. The van der Waals surface area contributed by atoms with Crippen LogP contribution in [0.1, 0.15) is 32.1 Å². The molecule has 1 heterocycles. The van der Waals surface area contributed by atoms with Crippen LogP contribution in [0.25, 0.3) is 0 Å². The van der Waals surface area contributed by atoms with Gasteiger partial charge in [0.1, 0.15) is 11.6 Å². The highest BCUT2D eigenvalue weighted by Gasteiger charge is 2.35. The maximum absolute atomic E-state index is 13.8. The Labute approximate surface area is 134 Å². The zero-order valence-electron chi connectivity index (χ0n) is 13.1. The van der Waals surface area contributed by atoms with Gasteiger partial charge < -0.3 is 14.9 Å². The maximum Gasteiger partial charge on any atom is 0.225 e. The van der Waals surface area contributed by atoms with Crippen LogP contribution in [0.3, 0.4) is 0 Å². The number of hydrogen-bond acceptors (Lipinski definition) is 3. The minimum absolute atomic E-state index is 0.0474. The average molecular weight is 324 g/mol. The van der Waals surface area contributed by atoms with Crippen LogP contribution >= 0.6 is 0 Å². The standard InChI is InChI=1S/C17H22F2N2O2/c18-13-3-4-14(19)15(11-13)20-7-9-21(10-8-20)16(22)12-17(23)5-1-2-6-17/h3-4,11,23H,1-2,5-10,12H2. The predicted octanol–water partition coefficient (Wildman–Crippen LogP) is 2.31. The number of nitrogens with zero attached hydrogens (tertiary/aromatic N) is 2. The summed E-state index contributed by atoms with van der Waals surface area (Å²) < 4.78 is 27.1. The van der Waals surface area contributed by atoms with Crippen molar-refractivity contribution in [2.45, 2.75) is 37.7 Å². The molecule has 0 bridgehead atoms. The second kappa shape index (κ2) is 6.43. The maximum atomic E-state index is 13.8. The van der Waals surface area contributed by atoms with E-state index in [4.69, 9.17) is 0 Å². The fourth-order valence-corrected chi connectivity index (χ4v) is 3.53. The van der Waals surface area contributed by atoms with Gasteiger partial charge in [-0.25, -0.2) is 8.78 Å². The number of piperazine rings is 1. The molecule has 2 fully saturated rings. The molecular formula is C17H22F2N2O2. The lowest BCUT2D eigenvalue weighted by atomic mass is 9.97. The molecule has 0 aromatic heterocycles. The first-order chi connectivity index (χ1) is 11.0. The molecule has 23 heavy (non-hydrogen) atoms. The topological polar surface area (TPSA) is 43.8 Å². The number of halogens is 2. The first-order valence-electron chi connectivity index (χ1n) is 8.17. The summed E-state index contributed by atoms with van der Waals surface area (Å²) in [5, 5.41) is 10.3. The number of carbonyl (C=O) groups is 1. The van der Waals surface area contributed by atoms with Crippen LogP contribution in [0.15, 0.2) is 18.2 Å². The summed E-state index contributed by atoms with van der Waals surface area (Å²) in [6.07, 6.45) is 3.48. The molecule has 1 aromatic carbocycles. The molecule has 0 unspecified atom stereocenters. The summed E-state index contributed by atoms with van der Waals surface area (Å²) in [4.78, 5) is 15.8. The Bertz CT molecular complexity index is 580. The quantitative estimate of drug-likeness (QED) is 0.928. The van der Waals surface area contributed by atoms with E-state index in [1.165, 1.54) is 6.07 Å². The third kappa shape index (κ3) is 3.63. The van der Waals surface area contributed by atoms with E-state index in [1.54, 1.807) is 9.80 Å². The summed E-state index contributed by atoms with van der Waals surface area (Å²) >= 11 is 0. The van der Waals surface area contributed by atoms with Gasteiger partial charge in [-0.15, -0.1) is 0 Å². The summed E-state index contributed by atoms with van der Waals surface area (Å²) in [5.41, 5.74) is -0.602. The van der Waals surface area contributed by atoms with Crippen molar-refractivity contribution >= 4 is 11.6 Å². The molecule has 3 rings (SSSR count). The number of rotatable bonds is 3. The zero-order chi connectivity index (χ0) is 16.4. The Morgan fingerprint density at radius 2 is 1.78 bits per heavy atom. The van der Waals surface area contributed by atoms with Gasteiger partial charge in [0.15, 0.2) is 0 Å². The fourth-order valence-electron chi connectivity index (χ4n) is 3.53. The minimum Gasteiger partial charge on any atom is -0.389 e. The lowest BCUT2D eigenvalue weighted by Crippen LogP contribution is -2.50. The molecule has 1 saturated heterocycles. The Hall–Kier alpha value is -1.69. The zero-order valence-corrected chi connectivity index (χ0v) is 13.1. The molecule has 1 aliphatic carbocycles. The summed E-state index contributed by atoms with van der Waals surface area (Å²) in [6.45, 7) is 1.85. The molecule has 1 aliphatic heterocycles. The average Bonchev–Trinajstić information content (AvgIpc) is 2.96. The third-order valence-electron chi connectivity index (χ3n) is 4.90. The fraction of sp³-hybridized carbons (Fsp3) is 0.588. The molecule has 1 aromatic rings. The number of carbonyl (C=O) groups excluding carboxylic acids is 1. The SMILES string of the molecule is O=C(CC1(O)CCCC1)N1CCN(c2cc(F)ccc2F)CC1. The summed E-state index contributed by atoms with van der Waals surface area (Å²) in [6, 6.07) is 3.41. The van der Waals surface area contributed by atoms with Crippen molar-refractivity contribution in [2.75, 3.05) is 31.1 Å². The highest BCUT2D eigenvalue weighted by molar-refractivity contribution is 5.77. The van der Waals surface area contributed by atoms with Crippen LogP contribution in [0.5, 0.6) is 0 Å². The largest absolute Gasteiger partial charge is 0.389 e. The number of hydrogen-bond donors (Lipinski definition) is 1. The van der Waals surface area contributed by atoms with E-state index >= 15 is 0 Å². The van der Waals surface area contributed by atoms with Crippen LogP contribution in [-0.4, -0.2) is 47.7 Å². The molecule has 126 valence electrons. The molecule has 0 atom stereocenters. The second-order valence-corrected chi connectivity index (χ2v) is 6.57. The molecular weight excluding hydrogens is 302 g/mol. The van der Waals surface area contributed by atoms with Crippen LogP contribution in [0.2, 0.25) is 0 Å². The van der Waals surface area contributed by atoms with E-state index in [0.29, 0.717) is 39.0 Å². The van der Waals surface area contributed by atoms with Crippen LogP contribution < -0.4 is 4.90 Å². The van der Waals surface area contributed by atoms with E-state index in [2.05, 4.69) is 0 Å². The first kappa shape index (κ1) is 16.2. The Morgan fingerprint density at radius 3 is 2.43 bits per heavy atom. The van der Waals surface area contributed by atoms with Gasteiger partial charge in [0, 0.05) is 32.2 Å². The van der Waals surface area contributed by atoms with Gasteiger partial charge >= 0.3 is 0 Å². The van der Waals surface area contributed by atoms with E-state index in [-0.39, 0.29) is 18.0 Å². The molecule has 2 aliphatic rings. The smallest absolute Gasteiger partial charge is 0.225 e. The molecule has 1 amide bonds. The highest BCUT2D eigenvalue weighted by atomic mass is 19.1. The summed E-state index contributed by atoms with van der Waals surface area (Å²) in [7, 11) is 0. The van der Waals surface area contributed by atoms with Crippen molar-refractivity contribution in [1.82, 2.24) is 4.90 Å². The van der Waals surface area contributed by atoms with Crippen molar-refractivity contribution < 1.29 is 18.7 Å². The van der Waals surface area contributed by atoms with Gasteiger partial charge in [-0.2, -0.15) is 0 Å². The lowest BCUT2D eigenvalue weighted by Gasteiger charge is -2.37. The molecule has 1 N–H and O–H groups in total. The first-order valence-corrected chi connectivity index (χ1v) is 8.17. The van der Waals surface area contributed by atoms with Gasteiger partial charge in [-0.1, -0.05) is 12.8 Å². The number of benzene rings is 1. The number of aliphatic hydroxyl groups is 1. The van der Waals surface area contributed by atoms with Crippen molar-refractivity contribution in [3.63, 3.8) is 0 Å². The molecule has 0 spiro atoms. The normalized spacial score (nSPS) is 20.8. The van der Waals surface area contributed by atoms with Crippen molar-refractivity contribution in [2.24, 2.45) is 0 Å². The van der Waals surface area contributed by atoms with E-state index in [0.717, 1.165) is 25.0 Å². The Kier molecular flexibility index (Phi) is 4.53. The lowest BCUT2D eigenvalue weighted by molar-refractivity contribution is -0.136. The van der Waals surface area contributed by atoms with Gasteiger partial charge in [0.2, 0.25) is 5.91 Å². The molecule has 4 nitrogen and oxygen atoms in total. The van der Waals surface area contributed by atoms with Crippen molar-refractivity contribution in [3.05, 3.63) is 29.8 Å². The Morgan fingerprint density at radius 1 is 1.13 bits per heavy atom. The van der Waals surface area contributed by atoms with E-state index in [1.807, 2.05) is 0 Å². The predicted molar refractivity (Wildman–Crippen MR) is 83.2 cm³/mol. The van der Waals surface area contributed by atoms with Gasteiger partial charge in [-0.05, 0) is 25.0 Å². The van der Waals surface area contributed by atoms with Crippen LogP contribution in [0, 0.1) is 11.6 Å². The van der Waals surface area contributed by atoms with E-state index in [9.17, 15) is 18.7 Å². The van der Waals surface area contributed by atoms with Gasteiger partial charge in [-0.3, -0.25) is 4.79 Å². The van der Waals surface area contributed by atoms with Crippen molar-refractivity contribution in [1.29, 1.82) is 0 Å². The summed E-state index contributed by atoms with van der Waals surface area (Å²) in [5.74, 6) is -0.969. The monoisotopic (exact) mass is 324 g/mol. The van der Waals surface area contributed by atoms with Crippen molar-refractivity contribution in [3.8, 4) is 0 Å². The van der Waals surface area contributed by atoms with Crippen LogP contribution in [0.4, 0.5) is 14.5 Å². The number of amides is 1. The van der Waals surface area contributed by atoms with E-state index < -0.39 is 17.2 Å². The molecule has 0 radical (unpaired) electrons. The van der Waals surface area contributed by atoms with Crippen LogP contribution in [-0.2, 0) is 4.79 Å². The minimum atomic E-state index is -0.844. The Balaban J connectivity index is 1.57. The van der Waals surface area contributed by atoms with Gasteiger partial charge in [0.25, 0.3) is 0 Å². The second-order valence-electron chi connectivity index (χ2n) is 6.57. The highest BCUT2D eigenvalue weighted by Crippen LogP contribution is 2.33. The molecule has 1 saturated carbocycles. The van der Waals surface area contributed by atoms with Gasteiger partial charge in [0.05, 0.1) is 17.7 Å². The third-order valence-corrected chi connectivity index (χ3v) is 4.90.